The topological polar surface area (TPSA) is 78.3 Å². The van der Waals surface area contributed by atoms with Gasteiger partial charge in [-0.05, 0) is 55.8 Å². The first-order valence-electron chi connectivity index (χ1n) is 10.0. The highest BCUT2D eigenvalue weighted by molar-refractivity contribution is 7.99. The van der Waals surface area contributed by atoms with Crippen molar-refractivity contribution in [3.05, 3.63) is 70.5 Å². The first kappa shape index (κ1) is 25.0. The van der Waals surface area contributed by atoms with Crippen LogP contribution in [-0.4, -0.2) is 33.5 Å². The minimum absolute atomic E-state index is 0.122. The number of carbonyl (C=O) groups is 1. The number of ether oxygens (including phenoxy) is 2. The molecule has 1 unspecified atom stereocenters. The number of nitrogens with zero attached hydrogens (tertiary/aromatic N) is 3. The van der Waals surface area contributed by atoms with E-state index in [-0.39, 0.29) is 17.8 Å². The van der Waals surface area contributed by atoms with Crippen molar-refractivity contribution in [3.63, 3.8) is 0 Å². The second kappa shape index (κ2) is 11.4. The lowest BCUT2D eigenvalue weighted by atomic mass is 10.2. The molecule has 1 atom stereocenters. The molecule has 0 aliphatic carbocycles. The van der Waals surface area contributed by atoms with Gasteiger partial charge in [0.25, 0.3) is 0 Å². The maximum atomic E-state index is 12.5. The van der Waals surface area contributed by atoms with Gasteiger partial charge in [0.15, 0.2) is 17.1 Å². The summed E-state index contributed by atoms with van der Waals surface area (Å²) >= 11 is 13.4. The van der Waals surface area contributed by atoms with Crippen LogP contribution in [0.2, 0.25) is 10.0 Å². The SMILES string of the molecule is C=CCn1c(SCC(=O)Nc2cc(Cl)ccc2OC)nnc1C(C)Oc1ccc(Cl)c(C)c1. The number of carbonyl (C=O) groups excluding carboxylic acids is 1. The zero-order valence-corrected chi connectivity index (χ0v) is 20.8. The van der Waals surface area contributed by atoms with E-state index in [1.165, 1.54) is 18.9 Å². The number of nitrogens with one attached hydrogen (secondary N) is 1. The zero-order valence-electron chi connectivity index (χ0n) is 18.5. The Bertz CT molecular complexity index is 1150. The number of aromatic nitrogens is 3. The molecule has 0 radical (unpaired) electrons. The summed E-state index contributed by atoms with van der Waals surface area (Å²) in [5.74, 6) is 1.73. The normalized spacial score (nSPS) is 11.7. The van der Waals surface area contributed by atoms with Gasteiger partial charge in [-0.15, -0.1) is 16.8 Å². The molecule has 3 aromatic rings. The fraction of sp³-hybridized carbons (Fsp3) is 0.261. The number of benzene rings is 2. The van der Waals surface area contributed by atoms with Crippen LogP contribution in [0.5, 0.6) is 11.5 Å². The number of halogens is 2. The minimum atomic E-state index is -0.378. The zero-order chi connectivity index (χ0) is 24.0. The molecule has 0 aliphatic rings. The number of aryl methyl sites for hydroxylation is 1. The van der Waals surface area contributed by atoms with Gasteiger partial charge in [-0.1, -0.05) is 41.0 Å². The van der Waals surface area contributed by atoms with Gasteiger partial charge in [0.1, 0.15) is 11.5 Å². The number of rotatable bonds is 10. The van der Waals surface area contributed by atoms with Gasteiger partial charge in [0, 0.05) is 16.6 Å². The molecule has 1 N–H and O–H groups in total. The summed E-state index contributed by atoms with van der Waals surface area (Å²) in [6.07, 6.45) is 1.37. The molecule has 2 aromatic carbocycles. The highest BCUT2D eigenvalue weighted by Crippen LogP contribution is 2.29. The first-order chi connectivity index (χ1) is 15.8. The molecular formula is C23H24Cl2N4O3S. The van der Waals surface area contributed by atoms with E-state index in [0.717, 1.165) is 5.56 Å². The van der Waals surface area contributed by atoms with Crippen molar-refractivity contribution >= 4 is 46.6 Å². The van der Waals surface area contributed by atoms with Gasteiger partial charge in [-0.3, -0.25) is 9.36 Å². The van der Waals surface area contributed by atoms with Gasteiger partial charge in [0.2, 0.25) is 5.91 Å². The van der Waals surface area contributed by atoms with Gasteiger partial charge >= 0.3 is 0 Å². The fourth-order valence-electron chi connectivity index (χ4n) is 3.05. The Morgan fingerprint density at radius 2 is 2.06 bits per heavy atom. The van der Waals surface area contributed by atoms with Crippen LogP contribution in [0.15, 0.2) is 54.2 Å². The number of amides is 1. The molecule has 0 bridgehead atoms. The molecule has 7 nitrogen and oxygen atoms in total. The Labute approximate surface area is 207 Å². The van der Waals surface area contributed by atoms with Crippen LogP contribution in [0.4, 0.5) is 5.69 Å². The molecule has 0 aliphatic heterocycles. The van der Waals surface area contributed by atoms with E-state index < -0.39 is 0 Å². The highest BCUT2D eigenvalue weighted by Gasteiger charge is 2.20. The van der Waals surface area contributed by atoms with Crippen molar-refractivity contribution in [2.45, 2.75) is 31.7 Å². The summed E-state index contributed by atoms with van der Waals surface area (Å²) in [5.41, 5.74) is 1.43. The Balaban J connectivity index is 1.70. The maximum absolute atomic E-state index is 12.5. The lowest BCUT2D eigenvalue weighted by Gasteiger charge is -2.16. The largest absolute Gasteiger partial charge is 0.495 e. The van der Waals surface area contributed by atoms with Crippen molar-refractivity contribution in [2.24, 2.45) is 0 Å². The summed E-state index contributed by atoms with van der Waals surface area (Å²) < 4.78 is 13.2. The van der Waals surface area contributed by atoms with E-state index in [4.69, 9.17) is 32.7 Å². The van der Waals surface area contributed by atoms with E-state index >= 15 is 0 Å². The molecule has 0 saturated carbocycles. The fourth-order valence-corrected chi connectivity index (χ4v) is 4.09. The van der Waals surface area contributed by atoms with Gasteiger partial charge in [-0.25, -0.2) is 0 Å². The maximum Gasteiger partial charge on any atom is 0.234 e. The smallest absolute Gasteiger partial charge is 0.234 e. The third-order valence-electron chi connectivity index (χ3n) is 4.63. The summed E-state index contributed by atoms with van der Waals surface area (Å²) in [6, 6.07) is 10.5. The number of allylic oxidation sites excluding steroid dienone is 1. The van der Waals surface area contributed by atoms with Crippen molar-refractivity contribution in [1.82, 2.24) is 14.8 Å². The molecule has 0 saturated heterocycles. The number of hydrogen-bond donors (Lipinski definition) is 1. The predicted molar refractivity (Wildman–Crippen MR) is 133 cm³/mol. The van der Waals surface area contributed by atoms with E-state index in [2.05, 4.69) is 22.1 Å². The summed E-state index contributed by atoms with van der Waals surface area (Å²) in [7, 11) is 1.53. The molecule has 174 valence electrons. The van der Waals surface area contributed by atoms with E-state index in [0.29, 0.717) is 44.8 Å². The highest BCUT2D eigenvalue weighted by atomic mass is 35.5. The van der Waals surface area contributed by atoms with Gasteiger partial charge < -0.3 is 14.8 Å². The van der Waals surface area contributed by atoms with Crippen molar-refractivity contribution < 1.29 is 14.3 Å². The van der Waals surface area contributed by atoms with E-state index in [1.54, 1.807) is 30.3 Å². The quantitative estimate of drug-likeness (QED) is 0.270. The Morgan fingerprint density at radius 1 is 1.27 bits per heavy atom. The van der Waals surface area contributed by atoms with Crippen LogP contribution < -0.4 is 14.8 Å². The predicted octanol–water partition coefficient (Wildman–Crippen LogP) is 5.96. The van der Waals surface area contributed by atoms with Crippen LogP contribution in [0.25, 0.3) is 0 Å². The molecule has 10 heteroatoms. The van der Waals surface area contributed by atoms with Crippen LogP contribution in [0, 0.1) is 6.92 Å². The monoisotopic (exact) mass is 506 g/mol. The number of hydrogen-bond acceptors (Lipinski definition) is 6. The van der Waals surface area contributed by atoms with Crippen molar-refractivity contribution in [2.75, 3.05) is 18.2 Å². The number of thioether (sulfide) groups is 1. The van der Waals surface area contributed by atoms with Crippen LogP contribution >= 0.6 is 35.0 Å². The summed E-state index contributed by atoms with van der Waals surface area (Å²) in [5, 5.41) is 13.1. The number of methoxy groups -OCH3 is 1. The molecule has 1 aromatic heterocycles. The van der Waals surface area contributed by atoms with Gasteiger partial charge in [-0.2, -0.15) is 0 Å². The van der Waals surface area contributed by atoms with Crippen LogP contribution in [0.3, 0.4) is 0 Å². The second-order valence-electron chi connectivity index (χ2n) is 7.09. The molecule has 0 fully saturated rings. The molecule has 3 rings (SSSR count). The van der Waals surface area contributed by atoms with Crippen LogP contribution in [-0.2, 0) is 11.3 Å². The minimum Gasteiger partial charge on any atom is -0.495 e. The van der Waals surface area contributed by atoms with Gasteiger partial charge in [0.05, 0.1) is 18.6 Å². The summed E-state index contributed by atoms with van der Waals surface area (Å²) in [6.45, 7) is 8.09. The Kier molecular flexibility index (Phi) is 8.66. The first-order valence-corrected chi connectivity index (χ1v) is 11.8. The van der Waals surface area contributed by atoms with E-state index in [9.17, 15) is 4.79 Å². The summed E-state index contributed by atoms with van der Waals surface area (Å²) in [4.78, 5) is 12.5. The average molecular weight is 507 g/mol. The Hall–Kier alpha value is -2.68. The lowest BCUT2D eigenvalue weighted by molar-refractivity contribution is -0.113. The lowest BCUT2D eigenvalue weighted by Crippen LogP contribution is -2.16. The third kappa shape index (κ3) is 6.43. The van der Waals surface area contributed by atoms with Crippen LogP contribution in [0.1, 0.15) is 24.4 Å². The molecule has 0 spiro atoms. The number of anilines is 1. The molecular weight excluding hydrogens is 483 g/mol. The molecule has 33 heavy (non-hydrogen) atoms. The standard InChI is InChI=1S/C23H24Cl2N4O3S/c1-5-10-29-22(15(3)32-17-7-8-18(25)14(2)11-17)27-28-23(29)33-13-21(30)26-19-12-16(24)6-9-20(19)31-4/h5-9,11-12,15H,1,10,13H2,2-4H3,(H,26,30). The Morgan fingerprint density at radius 3 is 2.76 bits per heavy atom. The van der Waals surface area contributed by atoms with E-state index in [1.807, 2.05) is 30.5 Å². The van der Waals surface area contributed by atoms with Crippen molar-refractivity contribution in [3.8, 4) is 11.5 Å². The molecule has 1 heterocycles. The third-order valence-corrected chi connectivity index (χ3v) is 6.26. The second-order valence-corrected chi connectivity index (χ2v) is 8.88. The van der Waals surface area contributed by atoms with Crippen molar-refractivity contribution in [1.29, 1.82) is 0 Å². The average Bonchev–Trinajstić information content (AvgIpc) is 3.18. The molecule has 1 amide bonds.